The van der Waals surface area contributed by atoms with E-state index < -0.39 is 11.8 Å². The third kappa shape index (κ3) is 2.70. The van der Waals surface area contributed by atoms with Gasteiger partial charge in [-0.05, 0) is 29.6 Å². The van der Waals surface area contributed by atoms with Crippen LogP contribution >= 0.6 is 0 Å². The lowest BCUT2D eigenvalue weighted by Gasteiger charge is -2.18. The molecule has 1 aliphatic heterocycles. The minimum absolute atomic E-state index is 0.160. The van der Waals surface area contributed by atoms with Crippen LogP contribution in [0.15, 0.2) is 23.3 Å². The third-order valence-electron chi connectivity index (χ3n) is 3.09. The van der Waals surface area contributed by atoms with E-state index in [4.69, 9.17) is 10.6 Å². The Morgan fingerprint density at radius 3 is 3.00 bits per heavy atom. The Morgan fingerprint density at radius 2 is 2.35 bits per heavy atom. The van der Waals surface area contributed by atoms with Gasteiger partial charge in [0, 0.05) is 24.4 Å². The number of hydrogen-bond acceptors (Lipinski definition) is 3. The number of anilines is 1. The van der Waals surface area contributed by atoms with Gasteiger partial charge < -0.3 is 10.0 Å². The molecule has 8 heteroatoms. The lowest BCUT2D eigenvalue weighted by molar-refractivity contribution is -0.117. The molecule has 0 spiro atoms. The molecular weight excluding hydrogens is 267 g/mol. The van der Waals surface area contributed by atoms with Gasteiger partial charge in [-0.3, -0.25) is 4.79 Å². The fraction of sp³-hybridized carbons (Fsp3) is 0.333. The summed E-state index contributed by atoms with van der Waals surface area (Å²) in [6.07, 6.45) is 0.176. The normalized spacial score (nSPS) is 17.9. The summed E-state index contributed by atoms with van der Waals surface area (Å²) in [7, 11) is 0. The molecule has 1 aliphatic rings. The van der Waals surface area contributed by atoms with Crippen molar-refractivity contribution in [3.8, 4) is 0 Å². The maximum atomic E-state index is 13.1. The van der Waals surface area contributed by atoms with Gasteiger partial charge in [-0.2, -0.15) is 0 Å². The fourth-order valence-electron chi connectivity index (χ4n) is 2.20. The van der Waals surface area contributed by atoms with Gasteiger partial charge in [-0.15, -0.1) is 0 Å². The number of benzene rings is 1. The molecule has 20 heavy (non-hydrogen) atoms. The Bertz CT molecular complexity index is 613. The Morgan fingerprint density at radius 1 is 1.60 bits per heavy atom. The molecule has 1 fully saturated rings. The van der Waals surface area contributed by atoms with Crippen LogP contribution in [0.1, 0.15) is 16.8 Å². The Balaban J connectivity index is 2.30. The van der Waals surface area contributed by atoms with Crippen molar-refractivity contribution in [3.63, 3.8) is 0 Å². The molecule has 0 saturated carbocycles. The fourth-order valence-corrected chi connectivity index (χ4v) is 2.20. The van der Waals surface area contributed by atoms with Crippen LogP contribution in [-0.2, 0) is 4.79 Å². The highest BCUT2D eigenvalue weighted by Crippen LogP contribution is 2.29. The highest BCUT2D eigenvalue weighted by atomic mass is 19.1. The summed E-state index contributed by atoms with van der Waals surface area (Å²) in [5, 5.41) is 12.5. The smallest absolute Gasteiger partial charge is 0.337 e. The van der Waals surface area contributed by atoms with Crippen LogP contribution in [0, 0.1) is 11.7 Å². The van der Waals surface area contributed by atoms with E-state index in [9.17, 15) is 14.0 Å². The summed E-state index contributed by atoms with van der Waals surface area (Å²) in [6, 6.07) is 3.26. The predicted octanol–water partition coefficient (Wildman–Crippen LogP) is 2.19. The van der Waals surface area contributed by atoms with Crippen LogP contribution < -0.4 is 4.90 Å². The van der Waals surface area contributed by atoms with Crippen molar-refractivity contribution in [1.82, 2.24) is 0 Å². The molecule has 1 aromatic carbocycles. The van der Waals surface area contributed by atoms with Crippen LogP contribution in [-0.4, -0.2) is 30.1 Å². The zero-order valence-corrected chi connectivity index (χ0v) is 10.4. The monoisotopic (exact) mass is 278 g/mol. The number of carbonyl (C=O) groups is 2. The molecule has 1 atom stereocenters. The van der Waals surface area contributed by atoms with Crippen LogP contribution in [0.25, 0.3) is 10.4 Å². The molecule has 1 saturated heterocycles. The van der Waals surface area contributed by atoms with E-state index in [1.54, 1.807) is 0 Å². The largest absolute Gasteiger partial charge is 0.478 e. The number of rotatable bonds is 4. The molecule has 104 valence electrons. The van der Waals surface area contributed by atoms with Gasteiger partial charge in [0.05, 0.1) is 11.3 Å². The van der Waals surface area contributed by atoms with Gasteiger partial charge in [0.1, 0.15) is 5.82 Å². The van der Waals surface area contributed by atoms with Crippen molar-refractivity contribution in [2.24, 2.45) is 11.0 Å². The molecule has 7 nitrogen and oxygen atoms in total. The first kappa shape index (κ1) is 13.8. The number of carboxylic acids is 1. The summed E-state index contributed by atoms with van der Waals surface area (Å²) in [5.41, 5.74) is 8.16. The van der Waals surface area contributed by atoms with E-state index in [0.29, 0.717) is 0 Å². The van der Waals surface area contributed by atoms with Crippen molar-refractivity contribution in [2.45, 2.75) is 6.42 Å². The van der Waals surface area contributed by atoms with Crippen molar-refractivity contribution < 1.29 is 19.1 Å². The van der Waals surface area contributed by atoms with Gasteiger partial charge in [-0.1, -0.05) is 5.11 Å². The number of carboxylic acid groups (broad SMARTS) is 1. The van der Waals surface area contributed by atoms with E-state index in [1.807, 2.05) is 0 Å². The zero-order valence-electron chi connectivity index (χ0n) is 10.4. The molecule has 0 aromatic heterocycles. The maximum Gasteiger partial charge on any atom is 0.337 e. The molecule has 2 rings (SSSR count). The molecule has 0 radical (unpaired) electrons. The number of halogens is 1. The second-order valence-corrected chi connectivity index (χ2v) is 4.45. The number of carbonyl (C=O) groups excluding carboxylic acids is 1. The van der Waals surface area contributed by atoms with Crippen LogP contribution in [0.2, 0.25) is 0 Å². The van der Waals surface area contributed by atoms with Crippen molar-refractivity contribution in [2.75, 3.05) is 18.0 Å². The van der Waals surface area contributed by atoms with E-state index in [0.717, 1.165) is 12.1 Å². The lowest BCUT2D eigenvalue weighted by atomic mass is 10.1. The van der Waals surface area contributed by atoms with E-state index >= 15 is 0 Å². The molecule has 1 amide bonds. The van der Waals surface area contributed by atoms with Gasteiger partial charge in [0.25, 0.3) is 0 Å². The second kappa shape index (κ2) is 5.58. The number of nitrogens with zero attached hydrogens (tertiary/aromatic N) is 4. The summed E-state index contributed by atoms with van der Waals surface area (Å²) in [4.78, 5) is 27.0. The topological polar surface area (TPSA) is 106 Å². The number of aromatic carboxylic acids is 1. The average Bonchev–Trinajstić information content (AvgIpc) is 2.77. The quantitative estimate of drug-likeness (QED) is 0.518. The maximum absolute atomic E-state index is 13.1. The summed E-state index contributed by atoms with van der Waals surface area (Å²) in [5.74, 6) is -2.41. The van der Waals surface area contributed by atoms with Gasteiger partial charge in [0.2, 0.25) is 5.91 Å². The second-order valence-electron chi connectivity index (χ2n) is 4.45. The molecule has 1 heterocycles. The predicted molar refractivity (Wildman–Crippen MR) is 67.8 cm³/mol. The summed E-state index contributed by atoms with van der Waals surface area (Å²) in [6.45, 7) is 0.423. The molecule has 1 aromatic rings. The van der Waals surface area contributed by atoms with Crippen LogP contribution in [0.3, 0.4) is 0 Å². The molecule has 0 bridgehead atoms. The lowest BCUT2D eigenvalue weighted by Crippen LogP contribution is -2.26. The highest BCUT2D eigenvalue weighted by molar-refractivity contribution is 6.03. The van der Waals surface area contributed by atoms with Crippen molar-refractivity contribution >= 4 is 17.6 Å². The first-order valence-electron chi connectivity index (χ1n) is 5.87. The molecule has 0 aliphatic carbocycles. The number of amides is 1. The first-order chi connectivity index (χ1) is 9.52. The average molecular weight is 278 g/mol. The van der Waals surface area contributed by atoms with E-state index in [-0.39, 0.29) is 42.6 Å². The number of hydrogen-bond donors (Lipinski definition) is 1. The minimum atomic E-state index is -1.30. The molecular formula is C12H11FN4O3. The Hall–Kier alpha value is -2.60. The highest BCUT2D eigenvalue weighted by Gasteiger charge is 2.32. The van der Waals surface area contributed by atoms with Gasteiger partial charge in [-0.25, -0.2) is 9.18 Å². The van der Waals surface area contributed by atoms with E-state index in [1.165, 1.54) is 11.0 Å². The van der Waals surface area contributed by atoms with Crippen molar-refractivity contribution in [3.05, 3.63) is 40.0 Å². The first-order valence-corrected chi connectivity index (χ1v) is 5.87. The van der Waals surface area contributed by atoms with Gasteiger partial charge >= 0.3 is 5.97 Å². The standard InChI is InChI=1S/C12H11FN4O3/c13-8-1-2-10(9(4-8)12(19)20)17-6-7(3-11(17)18)5-15-16-14/h1-2,4,7H,3,5-6H2,(H,19,20). The zero-order chi connectivity index (χ0) is 14.7. The SMILES string of the molecule is [N-]=[N+]=NCC1CC(=O)N(c2ccc(F)cc2C(=O)O)C1. The summed E-state index contributed by atoms with van der Waals surface area (Å²) >= 11 is 0. The van der Waals surface area contributed by atoms with Crippen LogP contribution in [0.5, 0.6) is 0 Å². The summed E-state index contributed by atoms with van der Waals surface area (Å²) < 4.78 is 13.1. The van der Waals surface area contributed by atoms with Crippen molar-refractivity contribution in [1.29, 1.82) is 0 Å². The minimum Gasteiger partial charge on any atom is -0.478 e. The van der Waals surface area contributed by atoms with Gasteiger partial charge in [0.15, 0.2) is 0 Å². The number of azide groups is 1. The third-order valence-corrected chi connectivity index (χ3v) is 3.09. The Kier molecular flexibility index (Phi) is 3.86. The molecule has 1 N–H and O–H groups in total. The Labute approximate surface area is 113 Å². The van der Waals surface area contributed by atoms with E-state index in [2.05, 4.69) is 10.0 Å². The molecule has 1 unspecified atom stereocenters. The van der Waals surface area contributed by atoms with Crippen LogP contribution in [0.4, 0.5) is 10.1 Å².